The first-order valence-corrected chi connectivity index (χ1v) is 24.7. The smallest absolute Gasteiger partial charge is 0.251 e. The molecule has 7 aromatic rings. The van der Waals surface area contributed by atoms with Gasteiger partial charge in [-0.15, -0.1) is 0 Å². The molecule has 13 heteroatoms. The molecule has 0 aliphatic rings. The molecule has 412 valence electrons. The number of amides is 5. The fourth-order valence-electron chi connectivity index (χ4n) is 7.71. The Morgan fingerprint density at radius 3 is 1.33 bits per heavy atom. The summed E-state index contributed by atoms with van der Waals surface area (Å²) in [4.78, 5) is 92.8. The van der Waals surface area contributed by atoms with E-state index in [-0.39, 0.29) is 76.6 Å². The van der Waals surface area contributed by atoms with Crippen LogP contribution in [0.1, 0.15) is 118 Å². The monoisotopic (exact) mass is 1060 g/mol. The molecule has 5 amide bonds. The topological polar surface area (TPSA) is 253 Å². The summed E-state index contributed by atoms with van der Waals surface area (Å²) in [5, 5.41) is 4.61. The lowest BCUT2D eigenvalue weighted by Crippen LogP contribution is -2.45. The van der Waals surface area contributed by atoms with Gasteiger partial charge in [0.25, 0.3) is 5.91 Å². The average Bonchev–Trinajstić information content (AvgIpc) is 3.41. The molecule has 0 fully saturated rings. The number of aryl methyl sites for hydroxylation is 1. The summed E-state index contributed by atoms with van der Waals surface area (Å²) in [6, 6.07) is 59.8. The molecule has 0 radical (unpaired) electrons. The van der Waals surface area contributed by atoms with Gasteiger partial charge in [-0.2, -0.15) is 0 Å². The molecule has 9 N–H and O–H groups in total. The fourth-order valence-corrected chi connectivity index (χ4v) is 7.71. The third-order valence-corrected chi connectivity index (χ3v) is 12.2. The van der Waals surface area contributed by atoms with Crippen LogP contribution < -0.4 is 28.3 Å². The van der Waals surface area contributed by atoms with E-state index in [1.54, 1.807) is 51.1 Å². The van der Waals surface area contributed by atoms with Crippen molar-refractivity contribution in [2.45, 2.75) is 93.5 Å². The van der Waals surface area contributed by atoms with Crippen molar-refractivity contribution in [3.63, 3.8) is 0 Å². The number of rotatable bonds is 21. The van der Waals surface area contributed by atoms with Crippen LogP contribution in [0.5, 0.6) is 0 Å². The van der Waals surface area contributed by atoms with Gasteiger partial charge in [-0.1, -0.05) is 225 Å². The van der Waals surface area contributed by atoms with Crippen LogP contribution in [-0.4, -0.2) is 52.9 Å². The molecular weight excluding hydrogens is 979 g/mol. The van der Waals surface area contributed by atoms with Crippen molar-refractivity contribution in [3.8, 4) is 0 Å². The van der Waals surface area contributed by atoms with Crippen molar-refractivity contribution >= 4 is 57.7 Å². The second kappa shape index (κ2) is 35.4. The van der Waals surface area contributed by atoms with Crippen LogP contribution in [0, 0.1) is 17.8 Å². The quantitative estimate of drug-likeness (QED) is 0.0432. The largest absolute Gasteiger partial charge is 0.369 e. The lowest BCUT2D eigenvalue weighted by Gasteiger charge is -2.18. The van der Waals surface area contributed by atoms with Gasteiger partial charge in [0.2, 0.25) is 23.6 Å². The third-order valence-electron chi connectivity index (χ3n) is 12.2. The summed E-state index contributed by atoms with van der Waals surface area (Å²) < 4.78 is 0. The zero-order valence-corrected chi connectivity index (χ0v) is 42.7. The van der Waals surface area contributed by atoms with Crippen molar-refractivity contribution in [3.05, 3.63) is 228 Å². The molecule has 78 heavy (non-hydrogen) atoms. The molecule has 0 unspecified atom stereocenters. The Morgan fingerprint density at radius 2 is 0.846 bits per heavy atom. The molecule has 7 rings (SSSR count). The summed E-state index contributed by atoms with van der Waals surface area (Å²) in [6.45, 7) is 5.04. The van der Waals surface area contributed by atoms with Gasteiger partial charge in [-0.05, 0) is 51.6 Å². The van der Waals surface area contributed by atoms with Crippen LogP contribution in [-0.2, 0) is 41.6 Å². The lowest BCUT2D eigenvalue weighted by atomic mass is 9.84. The van der Waals surface area contributed by atoms with Crippen molar-refractivity contribution < 1.29 is 38.4 Å². The van der Waals surface area contributed by atoms with Crippen LogP contribution in [0.3, 0.4) is 0 Å². The maximum absolute atomic E-state index is 12.7. The Kier molecular flexibility index (Phi) is 30.5. The number of nitrogens with two attached hydrogens (primary N) is 4. The van der Waals surface area contributed by atoms with Gasteiger partial charge in [0.1, 0.15) is 17.6 Å². The summed E-state index contributed by atoms with van der Waals surface area (Å²) in [5.74, 6) is -3.67. The van der Waals surface area contributed by atoms with Gasteiger partial charge >= 0.3 is 0 Å². The maximum atomic E-state index is 12.7. The van der Waals surface area contributed by atoms with Gasteiger partial charge in [0.15, 0.2) is 5.78 Å². The molecule has 0 aromatic heterocycles. The van der Waals surface area contributed by atoms with Crippen molar-refractivity contribution in [2.24, 2.45) is 40.7 Å². The number of hydrogen-bond acceptors (Lipinski definition) is 8. The molecule has 0 bridgehead atoms. The number of ketones is 3. The van der Waals surface area contributed by atoms with E-state index >= 15 is 0 Å². The number of primary amides is 4. The Morgan fingerprint density at radius 1 is 0.436 bits per heavy atom. The Hall–Kier alpha value is -8.84. The highest BCUT2D eigenvalue weighted by Gasteiger charge is 2.26. The van der Waals surface area contributed by atoms with E-state index in [0.717, 1.165) is 39.4 Å². The first kappa shape index (κ1) is 67.2. The van der Waals surface area contributed by atoms with Crippen LogP contribution in [0.15, 0.2) is 194 Å². The molecule has 0 heterocycles. The number of Topliss-reactive ketones (excluding diaryl/α,β-unsaturated/α-hetero) is 3. The van der Waals surface area contributed by atoms with E-state index in [1.165, 1.54) is 0 Å². The number of carbonyl (C=O) groups excluding carboxylic acids is 8. The first-order chi connectivity index (χ1) is 35.9. The summed E-state index contributed by atoms with van der Waals surface area (Å²) in [7, 11) is 0. The molecular formula is C65H79N5O8. The summed E-state index contributed by atoms with van der Waals surface area (Å²) >= 11 is 0. The molecule has 13 nitrogen and oxygen atoms in total. The van der Waals surface area contributed by atoms with Crippen LogP contribution >= 0.6 is 0 Å². The highest BCUT2D eigenvalue weighted by Crippen LogP contribution is 2.28. The second-order valence-corrected chi connectivity index (χ2v) is 18.2. The van der Waals surface area contributed by atoms with Gasteiger partial charge in [-0.3, -0.25) is 38.4 Å². The van der Waals surface area contributed by atoms with E-state index < -0.39 is 41.5 Å². The Labute approximate surface area is 461 Å². The zero-order chi connectivity index (χ0) is 54.7. The van der Waals surface area contributed by atoms with E-state index in [0.29, 0.717) is 24.0 Å². The Balaban J connectivity index is 0.000000516. The predicted octanol–water partition coefficient (Wildman–Crippen LogP) is 10.6. The van der Waals surface area contributed by atoms with Crippen molar-refractivity contribution in [1.29, 1.82) is 0 Å². The van der Waals surface area contributed by atoms with E-state index in [9.17, 15) is 38.4 Å². The predicted molar refractivity (Wildman–Crippen MR) is 314 cm³/mol. The van der Waals surface area contributed by atoms with E-state index in [2.05, 4.69) is 5.32 Å². The molecule has 0 aliphatic heterocycles. The minimum Gasteiger partial charge on any atom is -0.369 e. The fraction of sp³-hybridized carbons (Fsp3) is 0.262. The third kappa shape index (κ3) is 23.0. The minimum atomic E-state index is -0.717. The molecule has 0 saturated heterocycles. The molecule has 0 spiro atoms. The highest BCUT2D eigenvalue weighted by molar-refractivity contribution is 6.09. The second-order valence-electron chi connectivity index (χ2n) is 18.2. The number of benzene rings is 7. The van der Waals surface area contributed by atoms with Crippen LogP contribution in [0.25, 0.3) is 10.8 Å². The van der Waals surface area contributed by atoms with Crippen LogP contribution in [0.4, 0.5) is 0 Å². The number of carbonyl (C=O) groups is 8. The van der Waals surface area contributed by atoms with Crippen molar-refractivity contribution in [1.82, 2.24) is 5.32 Å². The summed E-state index contributed by atoms with van der Waals surface area (Å²) in [5.41, 5.74) is 26.0. The first-order valence-electron chi connectivity index (χ1n) is 24.7. The van der Waals surface area contributed by atoms with Crippen LogP contribution in [0.2, 0.25) is 0 Å². The van der Waals surface area contributed by atoms with Gasteiger partial charge in [0, 0.05) is 61.0 Å². The lowest BCUT2D eigenvalue weighted by molar-refractivity contribution is -0.127. The molecule has 4 atom stereocenters. The molecule has 0 aliphatic carbocycles. The van der Waals surface area contributed by atoms with Crippen molar-refractivity contribution in [2.75, 3.05) is 0 Å². The number of nitrogens with one attached hydrogen (secondary N) is 1. The van der Waals surface area contributed by atoms with Gasteiger partial charge < -0.3 is 28.3 Å². The van der Waals surface area contributed by atoms with Gasteiger partial charge in [-0.25, -0.2) is 0 Å². The Bertz CT molecular complexity index is 2910. The number of fused-ring (bicyclic) bond motifs is 1. The summed E-state index contributed by atoms with van der Waals surface area (Å²) in [6.07, 6.45) is 2.15. The zero-order valence-electron chi connectivity index (χ0n) is 42.7. The standard InChI is InChI=1S/C18H19NO2.C16H16N2O2.C15H15NO2.C13H17NO2.3CH4/c1-13(18(19)21)12-16(20)17(14-8-4-2-5-9-14)15-10-6-3-7-11-15;17-15(19)14(11-12-7-3-1-4-8-12)18-16(20)13-9-5-2-6-10-13;1-10(15(16)18)9-14(17)13-8-4-6-11-5-2-3-7-12(11)13;1-10(13(14)16)9-12(15)8-7-11-5-3-2-4-6-11;;;/h2-11,13,17H,12H2,1H3,(H2,19,21);1-10,14H,11H2,(H2,17,19)(H,18,20);2-8,10H,9H2,1H3,(H2,16,18);2-6,10H,7-9H2,1H3,(H2,14,16);3*1H4/t13-;14-;2*10-;;;/m1011.../s1. The highest BCUT2D eigenvalue weighted by atomic mass is 16.2. The van der Waals surface area contributed by atoms with E-state index in [1.807, 2.05) is 164 Å². The molecule has 0 saturated carbocycles. The number of hydrogen-bond donors (Lipinski definition) is 5. The van der Waals surface area contributed by atoms with E-state index in [4.69, 9.17) is 22.9 Å². The van der Waals surface area contributed by atoms with Gasteiger partial charge in [0.05, 0.1) is 5.92 Å². The minimum absolute atomic E-state index is 0. The average molecular weight is 1060 g/mol. The SMILES string of the molecule is C.C.C.C[C@H](CC(=O)C(c1ccccc1)c1ccccc1)C(N)=O.C[C@H](CC(=O)CCc1ccccc1)C(N)=O.C[C@H](CC(=O)c1cccc2ccccc12)C(N)=O.NC(=O)[C@H](Cc1ccccc1)NC(=O)c1ccccc1. The normalized spacial score (nSPS) is 11.5. The molecule has 7 aromatic carbocycles. The maximum Gasteiger partial charge on any atom is 0.251 e.